The first kappa shape index (κ1) is 9.90. The zero-order valence-electron chi connectivity index (χ0n) is 8.84. The molecular weight excluding hydrogens is 191 g/mol. The molecule has 3 heteroatoms. The van der Waals surface area contributed by atoms with Crippen LogP contribution in [0.2, 0.25) is 0 Å². The summed E-state index contributed by atoms with van der Waals surface area (Å²) < 4.78 is 13.3. The van der Waals surface area contributed by atoms with Crippen molar-refractivity contribution in [1.82, 2.24) is 4.98 Å². The van der Waals surface area contributed by atoms with Crippen LogP contribution in [-0.2, 0) is 0 Å². The fourth-order valence-corrected chi connectivity index (χ4v) is 1.62. The third-order valence-corrected chi connectivity index (χ3v) is 2.39. The van der Waals surface area contributed by atoms with Gasteiger partial charge in [-0.05, 0) is 31.5 Å². The number of halogens is 1. The maximum absolute atomic E-state index is 13.3. The summed E-state index contributed by atoms with van der Waals surface area (Å²) in [4.78, 5) is 4.15. The SMILES string of the molecule is CCNc1ccnc2cc(F)c(C)cc12. The van der Waals surface area contributed by atoms with Gasteiger partial charge in [-0.25, -0.2) is 4.39 Å². The zero-order valence-corrected chi connectivity index (χ0v) is 8.84. The number of hydrogen-bond donors (Lipinski definition) is 1. The number of nitrogens with one attached hydrogen (secondary N) is 1. The lowest BCUT2D eigenvalue weighted by Crippen LogP contribution is -1.98. The summed E-state index contributed by atoms with van der Waals surface area (Å²) in [6.45, 7) is 4.63. The van der Waals surface area contributed by atoms with Crippen molar-refractivity contribution < 1.29 is 4.39 Å². The fourth-order valence-electron chi connectivity index (χ4n) is 1.62. The Kier molecular flexibility index (Phi) is 2.54. The molecule has 1 heterocycles. The molecule has 0 saturated carbocycles. The van der Waals surface area contributed by atoms with Crippen LogP contribution in [0.3, 0.4) is 0 Å². The predicted molar refractivity (Wildman–Crippen MR) is 60.6 cm³/mol. The predicted octanol–water partition coefficient (Wildman–Crippen LogP) is 3.11. The molecule has 0 spiro atoms. The molecule has 1 aromatic carbocycles. The lowest BCUT2D eigenvalue weighted by Gasteiger charge is -2.08. The molecule has 0 aliphatic heterocycles. The molecule has 2 nitrogen and oxygen atoms in total. The second-order valence-electron chi connectivity index (χ2n) is 3.51. The van der Waals surface area contributed by atoms with Crippen LogP contribution < -0.4 is 5.32 Å². The number of aromatic nitrogens is 1. The summed E-state index contributed by atoms with van der Waals surface area (Å²) in [5.41, 5.74) is 2.34. The number of pyridine rings is 1. The van der Waals surface area contributed by atoms with Gasteiger partial charge in [0.25, 0.3) is 0 Å². The standard InChI is InChI=1S/C12H13FN2/c1-3-14-11-4-5-15-12-7-10(13)8(2)6-9(11)12/h4-7H,3H2,1-2H3,(H,14,15). The molecule has 0 atom stereocenters. The highest BCUT2D eigenvalue weighted by molar-refractivity contribution is 5.91. The van der Waals surface area contributed by atoms with Crippen LogP contribution >= 0.6 is 0 Å². The number of benzene rings is 1. The van der Waals surface area contributed by atoms with Crippen molar-refractivity contribution in [2.75, 3.05) is 11.9 Å². The van der Waals surface area contributed by atoms with E-state index >= 15 is 0 Å². The normalized spacial score (nSPS) is 10.6. The van der Waals surface area contributed by atoms with Gasteiger partial charge in [-0.2, -0.15) is 0 Å². The zero-order chi connectivity index (χ0) is 10.8. The van der Waals surface area contributed by atoms with Gasteiger partial charge in [0.1, 0.15) is 5.82 Å². The molecule has 0 saturated heterocycles. The van der Waals surface area contributed by atoms with E-state index in [1.54, 1.807) is 13.1 Å². The maximum Gasteiger partial charge on any atom is 0.128 e. The topological polar surface area (TPSA) is 24.9 Å². The van der Waals surface area contributed by atoms with E-state index in [0.717, 1.165) is 17.6 Å². The summed E-state index contributed by atoms with van der Waals surface area (Å²) in [7, 11) is 0. The van der Waals surface area contributed by atoms with Crippen LogP contribution in [0.4, 0.5) is 10.1 Å². The maximum atomic E-state index is 13.3. The molecule has 78 valence electrons. The summed E-state index contributed by atoms with van der Waals surface area (Å²) in [5, 5.41) is 4.21. The molecule has 2 aromatic rings. The number of aryl methyl sites for hydroxylation is 1. The number of hydrogen-bond acceptors (Lipinski definition) is 2. The van der Waals surface area contributed by atoms with E-state index in [4.69, 9.17) is 0 Å². The first-order valence-corrected chi connectivity index (χ1v) is 5.01. The Bertz CT molecular complexity index is 494. The quantitative estimate of drug-likeness (QED) is 0.813. The Morgan fingerprint density at radius 2 is 2.20 bits per heavy atom. The Morgan fingerprint density at radius 3 is 2.93 bits per heavy atom. The molecule has 1 N–H and O–H groups in total. The van der Waals surface area contributed by atoms with Gasteiger partial charge in [0.2, 0.25) is 0 Å². The number of rotatable bonds is 2. The molecule has 1 aromatic heterocycles. The first-order chi connectivity index (χ1) is 7.22. The van der Waals surface area contributed by atoms with Crippen LogP contribution in [-0.4, -0.2) is 11.5 Å². The van der Waals surface area contributed by atoms with Gasteiger partial charge in [-0.15, -0.1) is 0 Å². The van der Waals surface area contributed by atoms with E-state index in [1.807, 2.05) is 19.1 Å². The molecule has 2 rings (SSSR count). The van der Waals surface area contributed by atoms with Gasteiger partial charge in [0.15, 0.2) is 0 Å². The Labute approximate surface area is 88.1 Å². The Hall–Kier alpha value is -1.64. The monoisotopic (exact) mass is 204 g/mol. The van der Waals surface area contributed by atoms with Crippen molar-refractivity contribution >= 4 is 16.6 Å². The van der Waals surface area contributed by atoms with Crippen molar-refractivity contribution in [3.63, 3.8) is 0 Å². The molecule has 0 aliphatic rings. The van der Waals surface area contributed by atoms with Crippen molar-refractivity contribution in [2.24, 2.45) is 0 Å². The van der Waals surface area contributed by atoms with Gasteiger partial charge < -0.3 is 5.32 Å². The van der Waals surface area contributed by atoms with Crippen molar-refractivity contribution in [3.8, 4) is 0 Å². The molecule has 0 unspecified atom stereocenters. The van der Waals surface area contributed by atoms with Crippen LogP contribution in [0.1, 0.15) is 12.5 Å². The average molecular weight is 204 g/mol. The van der Waals surface area contributed by atoms with E-state index < -0.39 is 0 Å². The van der Waals surface area contributed by atoms with Crippen LogP contribution in [0.25, 0.3) is 10.9 Å². The van der Waals surface area contributed by atoms with E-state index in [2.05, 4.69) is 10.3 Å². The molecule has 0 bridgehead atoms. The summed E-state index contributed by atoms with van der Waals surface area (Å²) in [6.07, 6.45) is 1.69. The third-order valence-electron chi connectivity index (χ3n) is 2.39. The van der Waals surface area contributed by atoms with Gasteiger partial charge in [0.05, 0.1) is 5.52 Å². The lowest BCUT2D eigenvalue weighted by molar-refractivity contribution is 0.620. The van der Waals surface area contributed by atoms with E-state index in [0.29, 0.717) is 11.1 Å². The van der Waals surface area contributed by atoms with Crippen molar-refractivity contribution in [3.05, 3.63) is 35.8 Å². The van der Waals surface area contributed by atoms with Gasteiger partial charge >= 0.3 is 0 Å². The second-order valence-corrected chi connectivity index (χ2v) is 3.51. The second kappa shape index (κ2) is 3.85. The molecule has 0 aliphatic carbocycles. The molecule has 0 amide bonds. The van der Waals surface area contributed by atoms with Crippen LogP contribution in [0.15, 0.2) is 24.4 Å². The highest BCUT2D eigenvalue weighted by Crippen LogP contribution is 2.24. The minimum atomic E-state index is -0.205. The molecular formula is C12H13FN2. The van der Waals surface area contributed by atoms with Gasteiger partial charge in [-0.3, -0.25) is 4.98 Å². The van der Waals surface area contributed by atoms with E-state index in [9.17, 15) is 4.39 Å². The molecule has 0 radical (unpaired) electrons. The highest BCUT2D eigenvalue weighted by atomic mass is 19.1. The molecule has 15 heavy (non-hydrogen) atoms. The van der Waals surface area contributed by atoms with Crippen molar-refractivity contribution in [2.45, 2.75) is 13.8 Å². The van der Waals surface area contributed by atoms with Crippen LogP contribution in [0, 0.1) is 12.7 Å². The average Bonchev–Trinajstić information content (AvgIpc) is 2.21. The molecule has 0 fully saturated rings. The van der Waals surface area contributed by atoms with Gasteiger partial charge in [-0.1, -0.05) is 0 Å². The van der Waals surface area contributed by atoms with Crippen LogP contribution in [0.5, 0.6) is 0 Å². The third kappa shape index (κ3) is 1.77. The fraction of sp³-hybridized carbons (Fsp3) is 0.250. The van der Waals surface area contributed by atoms with E-state index in [-0.39, 0.29) is 5.82 Å². The van der Waals surface area contributed by atoms with E-state index in [1.165, 1.54) is 6.07 Å². The number of fused-ring (bicyclic) bond motifs is 1. The Morgan fingerprint density at radius 1 is 1.40 bits per heavy atom. The summed E-state index contributed by atoms with van der Waals surface area (Å²) >= 11 is 0. The largest absolute Gasteiger partial charge is 0.385 e. The number of nitrogens with zero attached hydrogens (tertiary/aromatic N) is 1. The first-order valence-electron chi connectivity index (χ1n) is 5.01. The minimum absolute atomic E-state index is 0.205. The van der Waals surface area contributed by atoms with Crippen molar-refractivity contribution in [1.29, 1.82) is 0 Å². The summed E-state index contributed by atoms with van der Waals surface area (Å²) in [6, 6.07) is 5.21. The minimum Gasteiger partial charge on any atom is -0.385 e. The smallest absolute Gasteiger partial charge is 0.128 e. The lowest BCUT2D eigenvalue weighted by atomic mass is 10.1. The summed E-state index contributed by atoms with van der Waals surface area (Å²) in [5.74, 6) is -0.205. The highest BCUT2D eigenvalue weighted by Gasteiger charge is 2.04. The van der Waals surface area contributed by atoms with Gasteiger partial charge in [0, 0.05) is 29.9 Å². The Balaban J connectivity index is 2.68. The number of anilines is 1.